The largest absolute Gasteiger partial charge is 0.468 e. The molecule has 0 bridgehead atoms. The Balaban J connectivity index is 1.38. The molecule has 5 aromatic carbocycles. The standard InChI is InChI=1S/C58H69BN2O/c1-34-17-24-47-39(29-34)50-52(62-47)59-43-22-21-41-48(58(15,16)28-27-56(41,11)12)51(43)60(38-19-20-40-42(33-38)57(13,14)26-25-55(40,9)10)45-31-37(54(6,7)8)32-46(49(45)59)61(50)44-23-18-36(30-35(44)2)53(3,4)5/h17-24,29-33H,25-28H2,1-16H3. The summed E-state index contributed by atoms with van der Waals surface area (Å²) in [6, 6.07) is 31.6. The van der Waals surface area contributed by atoms with Crippen LogP contribution in [-0.2, 0) is 32.5 Å². The van der Waals surface area contributed by atoms with Gasteiger partial charge in [0.15, 0.2) is 0 Å². The van der Waals surface area contributed by atoms with Gasteiger partial charge in [0, 0.05) is 33.8 Å². The van der Waals surface area contributed by atoms with E-state index in [0.717, 1.165) is 17.7 Å². The first-order valence-electron chi connectivity index (χ1n) is 23.6. The molecule has 0 saturated carbocycles. The highest BCUT2D eigenvalue weighted by Crippen LogP contribution is 2.56. The van der Waals surface area contributed by atoms with Crippen molar-refractivity contribution in [3.05, 3.63) is 123 Å². The summed E-state index contributed by atoms with van der Waals surface area (Å²) < 4.78 is 7.36. The average Bonchev–Trinajstić information content (AvgIpc) is 3.55. The molecule has 3 nitrogen and oxygen atoms in total. The van der Waals surface area contributed by atoms with Gasteiger partial charge in [-0.15, -0.1) is 0 Å². The van der Waals surface area contributed by atoms with E-state index >= 15 is 0 Å². The van der Waals surface area contributed by atoms with Gasteiger partial charge in [0.1, 0.15) is 5.58 Å². The number of hydrogen-bond acceptors (Lipinski definition) is 3. The Morgan fingerprint density at radius 2 is 1.13 bits per heavy atom. The van der Waals surface area contributed by atoms with Crippen molar-refractivity contribution in [1.82, 2.24) is 0 Å². The quantitative estimate of drug-likeness (QED) is 0.162. The lowest BCUT2D eigenvalue weighted by atomic mass is 9.35. The Hall–Kier alpha value is -4.70. The molecule has 10 rings (SSSR count). The molecule has 4 heteroatoms. The van der Waals surface area contributed by atoms with Crippen LogP contribution < -0.4 is 26.4 Å². The average molecular weight is 821 g/mol. The maximum atomic E-state index is 7.36. The molecule has 0 N–H and O–H groups in total. The van der Waals surface area contributed by atoms with E-state index < -0.39 is 0 Å². The molecule has 0 radical (unpaired) electrons. The van der Waals surface area contributed by atoms with Gasteiger partial charge >= 0.3 is 0 Å². The molecule has 6 aromatic rings. The minimum Gasteiger partial charge on any atom is -0.468 e. The molecule has 1 aromatic heterocycles. The highest BCUT2D eigenvalue weighted by Gasteiger charge is 2.51. The zero-order valence-electron chi connectivity index (χ0n) is 40.7. The molecule has 0 fully saturated rings. The van der Waals surface area contributed by atoms with Crippen LogP contribution in [0, 0.1) is 13.8 Å². The van der Waals surface area contributed by atoms with Gasteiger partial charge in [0.25, 0.3) is 6.71 Å². The maximum Gasteiger partial charge on any atom is 0.297 e. The zero-order chi connectivity index (χ0) is 44.4. The summed E-state index contributed by atoms with van der Waals surface area (Å²) in [5.74, 6) is 0. The van der Waals surface area contributed by atoms with Gasteiger partial charge in [0.05, 0.1) is 11.3 Å². The molecular weight excluding hydrogens is 751 g/mol. The van der Waals surface area contributed by atoms with E-state index in [2.05, 4.69) is 199 Å². The third-order valence-corrected chi connectivity index (χ3v) is 16.0. The second-order valence-corrected chi connectivity index (χ2v) is 24.5. The van der Waals surface area contributed by atoms with Crippen molar-refractivity contribution in [2.24, 2.45) is 0 Å². The van der Waals surface area contributed by atoms with Gasteiger partial charge in [-0.3, -0.25) is 0 Å². The van der Waals surface area contributed by atoms with E-state index in [1.807, 2.05) is 0 Å². The number of fused-ring (bicyclic) bond motifs is 9. The second kappa shape index (κ2) is 13.0. The lowest BCUT2D eigenvalue weighted by molar-refractivity contribution is 0.331. The Morgan fingerprint density at radius 1 is 0.532 bits per heavy atom. The van der Waals surface area contributed by atoms with Crippen molar-refractivity contribution >= 4 is 68.4 Å². The van der Waals surface area contributed by atoms with Gasteiger partial charge in [-0.05, 0) is 164 Å². The summed E-state index contributed by atoms with van der Waals surface area (Å²) in [5, 5.41) is 1.18. The van der Waals surface area contributed by atoms with Crippen molar-refractivity contribution in [2.45, 2.75) is 169 Å². The van der Waals surface area contributed by atoms with Gasteiger partial charge in [-0.2, -0.15) is 0 Å². The monoisotopic (exact) mass is 821 g/mol. The van der Waals surface area contributed by atoms with Crippen LogP contribution in [0.5, 0.6) is 0 Å². The number of anilines is 6. The van der Waals surface area contributed by atoms with Gasteiger partial charge in [-0.25, -0.2) is 0 Å². The number of aryl methyl sites for hydroxylation is 2. The molecule has 320 valence electrons. The molecule has 62 heavy (non-hydrogen) atoms. The molecule has 0 spiro atoms. The number of hydrogen-bond donors (Lipinski definition) is 0. The molecule has 0 unspecified atom stereocenters. The molecule has 2 aliphatic heterocycles. The first-order valence-corrected chi connectivity index (χ1v) is 23.6. The van der Waals surface area contributed by atoms with Crippen LogP contribution in [-0.4, -0.2) is 6.71 Å². The Bertz CT molecular complexity index is 2870. The topological polar surface area (TPSA) is 19.6 Å². The highest BCUT2D eigenvalue weighted by molar-refractivity contribution is 7.00. The van der Waals surface area contributed by atoms with Crippen LogP contribution in [0.3, 0.4) is 0 Å². The first-order chi connectivity index (χ1) is 28.8. The fraction of sp³-hybridized carbons (Fsp3) is 0.448. The summed E-state index contributed by atoms with van der Waals surface area (Å²) in [5.41, 5.74) is 23.5. The Labute approximate surface area is 373 Å². The van der Waals surface area contributed by atoms with E-state index in [-0.39, 0.29) is 39.2 Å². The molecule has 2 aliphatic carbocycles. The lowest BCUT2D eigenvalue weighted by Gasteiger charge is -2.49. The predicted molar refractivity (Wildman–Crippen MR) is 268 cm³/mol. The maximum absolute atomic E-state index is 7.36. The van der Waals surface area contributed by atoms with Crippen molar-refractivity contribution < 1.29 is 4.42 Å². The summed E-state index contributed by atoms with van der Waals surface area (Å²) in [6.45, 7) is 38.3. The van der Waals surface area contributed by atoms with Gasteiger partial charge in [0.2, 0.25) is 0 Å². The van der Waals surface area contributed by atoms with E-state index in [9.17, 15) is 0 Å². The van der Waals surface area contributed by atoms with E-state index in [0.29, 0.717) is 0 Å². The summed E-state index contributed by atoms with van der Waals surface area (Å²) in [6.07, 6.45) is 4.68. The molecule has 0 atom stereocenters. The summed E-state index contributed by atoms with van der Waals surface area (Å²) in [7, 11) is 0. The SMILES string of the molecule is Cc1ccc2oc3c(c2c1)N(c1ccc(C(C)(C)C)cc1C)c1cc(C(C)(C)C)cc2c1B3c1ccc3c(c1N2c1ccc2c(c1)C(C)(C)CCC2(C)C)C(C)(C)CCC3(C)C. The number of furan rings is 1. The fourth-order valence-electron chi connectivity index (χ4n) is 11.9. The molecular formula is C58H69BN2O. The number of rotatable bonds is 2. The van der Waals surface area contributed by atoms with Crippen molar-refractivity contribution in [3.8, 4) is 0 Å². The fourth-order valence-corrected chi connectivity index (χ4v) is 11.9. The lowest BCUT2D eigenvalue weighted by Crippen LogP contribution is -2.62. The molecule has 0 amide bonds. The first kappa shape index (κ1) is 41.3. The normalized spacial score (nSPS) is 19.1. The summed E-state index contributed by atoms with van der Waals surface area (Å²) in [4.78, 5) is 5.34. The smallest absolute Gasteiger partial charge is 0.297 e. The van der Waals surface area contributed by atoms with Crippen molar-refractivity contribution in [3.63, 3.8) is 0 Å². The second-order valence-electron chi connectivity index (χ2n) is 24.5. The van der Waals surface area contributed by atoms with E-state index in [1.54, 1.807) is 0 Å². The van der Waals surface area contributed by atoms with Crippen LogP contribution in [0.1, 0.15) is 167 Å². The number of nitrogens with zero attached hydrogens (tertiary/aromatic N) is 2. The van der Waals surface area contributed by atoms with Crippen LogP contribution in [0.2, 0.25) is 0 Å². The molecule has 3 heterocycles. The van der Waals surface area contributed by atoms with E-state index in [1.165, 1.54) is 114 Å². The minimum atomic E-state index is -0.113. The Kier molecular flexibility index (Phi) is 8.63. The Morgan fingerprint density at radius 3 is 1.77 bits per heavy atom. The van der Waals surface area contributed by atoms with Crippen LogP contribution >= 0.6 is 0 Å². The molecule has 4 aliphatic rings. The van der Waals surface area contributed by atoms with Crippen molar-refractivity contribution in [1.29, 1.82) is 0 Å². The summed E-state index contributed by atoms with van der Waals surface area (Å²) >= 11 is 0. The predicted octanol–water partition coefficient (Wildman–Crippen LogP) is 14.4. The van der Waals surface area contributed by atoms with E-state index in [4.69, 9.17) is 4.42 Å². The zero-order valence-corrected chi connectivity index (χ0v) is 40.7. The van der Waals surface area contributed by atoms with Crippen LogP contribution in [0.25, 0.3) is 11.0 Å². The van der Waals surface area contributed by atoms with Crippen LogP contribution in [0.4, 0.5) is 34.1 Å². The molecule has 0 saturated heterocycles. The minimum absolute atomic E-state index is 0.0354. The van der Waals surface area contributed by atoms with Gasteiger partial charge in [-0.1, -0.05) is 139 Å². The van der Waals surface area contributed by atoms with Crippen molar-refractivity contribution in [2.75, 3.05) is 9.80 Å². The van der Waals surface area contributed by atoms with Gasteiger partial charge < -0.3 is 14.2 Å². The number of benzene rings is 5. The third-order valence-electron chi connectivity index (χ3n) is 16.0. The third kappa shape index (κ3) is 5.97. The highest BCUT2D eigenvalue weighted by atomic mass is 16.3. The van der Waals surface area contributed by atoms with Crippen LogP contribution in [0.15, 0.2) is 83.3 Å².